The molecule has 0 unspecified atom stereocenters. The zero-order valence-corrected chi connectivity index (χ0v) is 9.62. The summed E-state index contributed by atoms with van der Waals surface area (Å²) in [6.45, 7) is 5.22. The highest BCUT2D eigenvalue weighted by molar-refractivity contribution is 5.85. The van der Waals surface area contributed by atoms with Gasteiger partial charge in [0.15, 0.2) is 11.5 Å². The van der Waals surface area contributed by atoms with Crippen molar-refractivity contribution in [3.05, 3.63) is 36.4 Å². The Morgan fingerprint density at radius 2 is 1.62 bits per heavy atom. The Hall–Kier alpha value is -1.70. The minimum absolute atomic E-state index is 0.641. The molecule has 0 saturated heterocycles. The Labute approximate surface area is 95.8 Å². The molecule has 0 N–H and O–H groups in total. The van der Waals surface area contributed by atoms with E-state index in [1.54, 1.807) is 0 Å². The van der Waals surface area contributed by atoms with Crippen molar-refractivity contribution in [3.63, 3.8) is 0 Å². The lowest BCUT2D eigenvalue weighted by molar-refractivity contribution is 0.288. The first-order chi connectivity index (χ1) is 7.85. The average molecular weight is 215 g/mol. The number of ether oxygens (including phenoxy) is 2. The molecule has 2 nitrogen and oxygen atoms in total. The van der Waals surface area contributed by atoms with Gasteiger partial charge in [0.25, 0.3) is 0 Å². The van der Waals surface area contributed by atoms with Gasteiger partial charge in [-0.25, -0.2) is 0 Å². The van der Waals surface area contributed by atoms with Crippen molar-refractivity contribution in [1.82, 2.24) is 0 Å². The van der Waals surface area contributed by atoms with Gasteiger partial charge in [-0.3, -0.25) is 0 Å². The van der Waals surface area contributed by atoms with Crippen molar-refractivity contribution in [2.45, 2.75) is 13.8 Å². The molecule has 0 atom stereocenters. The van der Waals surface area contributed by atoms with Crippen LogP contribution in [0, 0.1) is 6.07 Å². The lowest BCUT2D eigenvalue weighted by Gasteiger charge is -2.11. The largest absolute Gasteiger partial charge is 0.490 e. The third-order valence-corrected chi connectivity index (χ3v) is 2.35. The van der Waals surface area contributed by atoms with Crippen LogP contribution in [-0.4, -0.2) is 13.2 Å². The molecule has 0 fully saturated rings. The van der Waals surface area contributed by atoms with Crippen molar-refractivity contribution < 1.29 is 9.47 Å². The van der Waals surface area contributed by atoms with Crippen molar-refractivity contribution in [3.8, 4) is 11.5 Å². The van der Waals surface area contributed by atoms with Gasteiger partial charge in [-0.2, -0.15) is 0 Å². The van der Waals surface area contributed by atoms with E-state index in [-0.39, 0.29) is 0 Å². The Bertz CT molecular complexity index is 433. The predicted octanol–water partition coefficient (Wildman–Crippen LogP) is 3.44. The summed E-state index contributed by atoms with van der Waals surface area (Å²) in [6, 6.07) is 12.9. The van der Waals surface area contributed by atoms with E-state index in [4.69, 9.17) is 9.47 Å². The first-order valence-corrected chi connectivity index (χ1v) is 5.54. The van der Waals surface area contributed by atoms with Gasteiger partial charge in [-0.15, -0.1) is 0 Å². The van der Waals surface area contributed by atoms with Crippen LogP contribution in [0.2, 0.25) is 0 Å². The molecule has 0 aliphatic heterocycles. The molecular formula is C14H15O2. The molecule has 2 rings (SSSR count). The highest BCUT2D eigenvalue weighted by Crippen LogP contribution is 2.32. The van der Waals surface area contributed by atoms with Crippen molar-refractivity contribution in [1.29, 1.82) is 0 Å². The molecule has 0 aliphatic carbocycles. The van der Waals surface area contributed by atoms with Gasteiger partial charge in [0.1, 0.15) is 0 Å². The first kappa shape index (κ1) is 10.8. The zero-order valence-electron chi connectivity index (χ0n) is 9.62. The van der Waals surface area contributed by atoms with E-state index in [0.717, 1.165) is 22.3 Å². The minimum atomic E-state index is 0.641. The van der Waals surface area contributed by atoms with E-state index in [1.807, 2.05) is 44.2 Å². The maximum absolute atomic E-state index is 5.56. The number of hydrogen-bond acceptors (Lipinski definition) is 2. The summed E-state index contributed by atoms with van der Waals surface area (Å²) in [6.07, 6.45) is 0. The molecule has 0 aliphatic rings. The van der Waals surface area contributed by atoms with Gasteiger partial charge in [-0.1, -0.05) is 12.1 Å². The van der Waals surface area contributed by atoms with E-state index in [2.05, 4.69) is 6.07 Å². The summed E-state index contributed by atoms with van der Waals surface area (Å²) < 4.78 is 11.1. The summed E-state index contributed by atoms with van der Waals surface area (Å²) in [7, 11) is 0. The Morgan fingerprint density at radius 1 is 1.00 bits per heavy atom. The molecule has 1 radical (unpaired) electrons. The fourth-order valence-corrected chi connectivity index (χ4v) is 1.67. The second-order valence-electron chi connectivity index (χ2n) is 3.44. The van der Waals surface area contributed by atoms with Crippen LogP contribution >= 0.6 is 0 Å². The normalized spacial score (nSPS) is 10.4. The predicted molar refractivity (Wildman–Crippen MR) is 65.1 cm³/mol. The van der Waals surface area contributed by atoms with Crippen LogP contribution in [-0.2, 0) is 0 Å². The first-order valence-electron chi connectivity index (χ1n) is 5.54. The van der Waals surface area contributed by atoms with Gasteiger partial charge in [0, 0.05) is 0 Å². The van der Waals surface area contributed by atoms with Gasteiger partial charge in [0.2, 0.25) is 0 Å². The number of fused-ring (bicyclic) bond motifs is 1. The molecular weight excluding hydrogens is 200 g/mol. The molecule has 0 spiro atoms. The lowest BCUT2D eigenvalue weighted by atomic mass is 10.1. The van der Waals surface area contributed by atoms with Crippen molar-refractivity contribution in [2.75, 3.05) is 13.2 Å². The van der Waals surface area contributed by atoms with E-state index >= 15 is 0 Å². The molecule has 16 heavy (non-hydrogen) atoms. The smallest absolute Gasteiger partial charge is 0.161 e. The molecule has 83 valence electrons. The van der Waals surface area contributed by atoms with Gasteiger partial charge < -0.3 is 9.47 Å². The van der Waals surface area contributed by atoms with E-state index in [0.29, 0.717) is 13.2 Å². The van der Waals surface area contributed by atoms with Crippen molar-refractivity contribution in [2.24, 2.45) is 0 Å². The fourth-order valence-electron chi connectivity index (χ4n) is 1.67. The molecule has 2 heteroatoms. The molecule has 0 saturated carbocycles. The molecule has 0 aromatic heterocycles. The quantitative estimate of drug-likeness (QED) is 0.777. The van der Waals surface area contributed by atoms with Crippen LogP contribution in [0.15, 0.2) is 30.3 Å². The summed E-state index contributed by atoms with van der Waals surface area (Å²) in [4.78, 5) is 0. The Kier molecular flexibility index (Phi) is 3.30. The highest BCUT2D eigenvalue weighted by Gasteiger charge is 2.06. The second-order valence-corrected chi connectivity index (χ2v) is 3.44. The number of benzene rings is 2. The highest BCUT2D eigenvalue weighted by atomic mass is 16.5. The van der Waals surface area contributed by atoms with Crippen LogP contribution in [0.4, 0.5) is 0 Å². The van der Waals surface area contributed by atoms with Crippen LogP contribution in [0.5, 0.6) is 11.5 Å². The molecule has 0 bridgehead atoms. The third kappa shape index (κ3) is 2.11. The summed E-state index contributed by atoms with van der Waals surface area (Å²) in [5.74, 6) is 1.61. The standard InChI is InChI=1S/C14H15O2/c1-3-15-13-9-11-7-5-6-8-12(11)10-14(13)16-4-2/h5,7-10H,3-4H2,1-2H3. The molecule has 0 heterocycles. The van der Waals surface area contributed by atoms with E-state index < -0.39 is 0 Å². The second kappa shape index (κ2) is 4.88. The Morgan fingerprint density at radius 3 is 2.25 bits per heavy atom. The van der Waals surface area contributed by atoms with Crippen LogP contribution in [0.1, 0.15) is 13.8 Å². The summed E-state index contributed by atoms with van der Waals surface area (Å²) in [5, 5.41) is 2.26. The van der Waals surface area contributed by atoms with Crippen LogP contribution in [0.3, 0.4) is 0 Å². The lowest BCUT2D eigenvalue weighted by Crippen LogP contribution is -1.98. The zero-order chi connectivity index (χ0) is 11.4. The van der Waals surface area contributed by atoms with Crippen molar-refractivity contribution >= 4 is 10.8 Å². The Balaban J connectivity index is 2.51. The van der Waals surface area contributed by atoms with Gasteiger partial charge >= 0.3 is 0 Å². The average Bonchev–Trinajstić information content (AvgIpc) is 2.30. The van der Waals surface area contributed by atoms with Crippen LogP contribution in [0.25, 0.3) is 10.8 Å². The maximum Gasteiger partial charge on any atom is 0.161 e. The third-order valence-electron chi connectivity index (χ3n) is 2.35. The molecule has 2 aromatic rings. The molecule has 2 aromatic carbocycles. The van der Waals surface area contributed by atoms with Gasteiger partial charge in [-0.05, 0) is 48.9 Å². The SMILES string of the molecule is CCOc1cc2c[c]ccc2cc1OCC. The number of rotatable bonds is 4. The van der Waals surface area contributed by atoms with Crippen LogP contribution < -0.4 is 9.47 Å². The monoisotopic (exact) mass is 215 g/mol. The number of hydrogen-bond donors (Lipinski definition) is 0. The minimum Gasteiger partial charge on any atom is -0.490 e. The maximum atomic E-state index is 5.56. The molecule has 0 amide bonds. The van der Waals surface area contributed by atoms with E-state index in [1.165, 1.54) is 0 Å². The summed E-state index contributed by atoms with van der Waals surface area (Å²) >= 11 is 0. The summed E-state index contributed by atoms with van der Waals surface area (Å²) in [5.41, 5.74) is 0. The van der Waals surface area contributed by atoms with E-state index in [9.17, 15) is 0 Å². The van der Waals surface area contributed by atoms with Gasteiger partial charge in [0.05, 0.1) is 13.2 Å². The fraction of sp³-hybridized carbons (Fsp3) is 0.286. The topological polar surface area (TPSA) is 18.5 Å².